The summed E-state index contributed by atoms with van der Waals surface area (Å²) in [6.45, 7) is 0. The minimum Gasteiger partial charge on any atom is -0.465 e. The van der Waals surface area contributed by atoms with Crippen LogP contribution in [0.4, 0.5) is 5.69 Å². The van der Waals surface area contributed by atoms with E-state index in [1.165, 1.54) is 12.3 Å². The van der Waals surface area contributed by atoms with Gasteiger partial charge in [0.2, 0.25) is 0 Å². The third-order valence-corrected chi connectivity index (χ3v) is 3.39. The van der Waals surface area contributed by atoms with Crippen LogP contribution in [0.3, 0.4) is 0 Å². The van der Waals surface area contributed by atoms with E-state index >= 15 is 0 Å². The second-order valence-corrected chi connectivity index (χ2v) is 5.21. The number of hydrogen-bond acceptors (Lipinski definition) is 3. The van der Waals surface area contributed by atoms with Crippen molar-refractivity contribution in [1.82, 2.24) is 5.32 Å². The van der Waals surface area contributed by atoms with Crippen LogP contribution >= 0.6 is 0 Å². The van der Waals surface area contributed by atoms with E-state index in [0.29, 0.717) is 17.0 Å². The fraction of sp³-hybridized carbons (Fsp3) is 0. The van der Waals surface area contributed by atoms with E-state index in [1.807, 2.05) is 24.3 Å². The highest BCUT2D eigenvalue weighted by atomic mass is 16.3. The van der Waals surface area contributed by atoms with Gasteiger partial charge in [0.05, 0.1) is 6.26 Å². The topological polar surface area (TPSA) is 71.3 Å². The molecule has 5 heteroatoms. The maximum Gasteiger partial charge on any atom is 0.272 e. The lowest BCUT2D eigenvalue weighted by molar-refractivity contribution is -0.113. The fourth-order valence-corrected chi connectivity index (χ4v) is 2.18. The largest absolute Gasteiger partial charge is 0.465 e. The number of benzene rings is 2. The molecule has 0 saturated heterocycles. The lowest BCUT2D eigenvalue weighted by atomic mass is 10.2. The summed E-state index contributed by atoms with van der Waals surface area (Å²) >= 11 is 0. The predicted molar refractivity (Wildman–Crippen MR) is 95.7 cm³/mol. The average molecular weight is 332 g/mol. The summed E-state index contributed by atoms with van der Waals surface area (Å²) in [6, 6.07) is 21.1. The quantitative estimate of drug-likeness (QED) is 0.700. The van der Waals surface area contributed by atoms with Crippen molar-refractivity contribution in [2.24, 2.45) is 0 Å². The van der Waals surface area contributed by atoms with Crippen molar-refractivity contribution in [2.45, 2.75) is 0 Å². The van der Waals surface area contributed by atoms with Crippen LogP contribution in [0.1, 0.15) is 16.1 Å². The minimum absolute atomic E-state index is 0.0904. The molecule has 5 nitrogen and oxygen atoms in total. The Hall–Kier alpha value is -3.60. The molecule has 124 valence electrons. The molecule has 0 saturated carbocycles. The van der Waals surface area contributed by atoms with Gasteiger partial charge in [-0.1, -0.05) is 36.4 Å². The first-order valence-corrected chi connectivity index (χ1v) is 7.70. The highest BCUT2D eigenvalue weighted by Crippen LogP contribution is 2.11. The van der Waals surface area contributed by atoms with E-state index in [1.54, 1.807) is 48.5 Å². The number of carbonyl (C=O) groups excluding carboxylic acids is 2. The second kappa shape index (κ2) is 7.79. The van der Waals surface area contributed by atoms with Crippen molar-refractivity contribution in [1.29, 1.82) is 0 Å². The summed E-state index contributed by atoms with van der Waals surface area (Å²) in [4.78, 5) is 24.9. The number of rotatable bonds is 5. The molecule has 3 rings (SSSR count). The van der Waals surface area contributed by atoms with E-state index < -0.39 is 5.91 Å². The van der Waals surface area contributed by atoms with E-state index in [9.17, 15) is 9.59 Å². The van der Waals surface area contributed by atoms with E-state index in [2.05, 4.69) is 10.6 Å². The maximum atomic E-state index is 12.6. The summed E-state index contributed by atoms with van der Waals surface area (Å²) in [6.07, 6.45) is 2.98. The summed E-state index contributed by atoms with van der Waals surface area (Å²) in [5.41, 5.74) is 1.18. The third kappa shape index (κ3) is 4.45. The van der Waals surface area contributed by atoms with Gasteiger partial charge < -0.3 is 15.1 Å². The number of hydrogen-bond donors (Lipinski definition) is 2. The number of amides is 2. The molecule has 0 fully saturated rings. The minimum atomic E-state index is -0.438. The molecule has 1 aromatic heterocycles. The molecule has 0 unspecified atom stereocenters. The molecule has 0 bridgehead atoms. The Morgan fingerprint density at radius 2 is 1.52 bits per heavy atom. The van der Waals surface area contributed by atoms with Gasteiger partial charge in [-0.15, -0.1) is 0 Å². The van der Waals surface area contributed by atoms with Gasteiger partial charge in [-0.3, -0.25) is 9.59 Å². The van der Waals surface area contributed by atoms with Gasteiger partial charge in [0.25, 0.3) is 11.8 Å². The zero-order valence-electron chi connectivity index (χ0n) is 13.3. The Bertz CT molecular complexity index is 870. The Morgan fingerprint density at radius 3 is 2.16 bits per heavy atom. The van der Waals surface area contributed by atoms with Crippen LogP contribution in [-0.2, 0) is 4.79 Å². The molecular weight excluding hydrogens is 316 g/mol. The van der Waals surface area contributed by atoms with Crippen LogP contribution in [0.25, 0.3) is 6.08 Å². The zero-order valence-corrected chi connectivity index (χ0v) is 13.3. The van der Waals surface area contributed by atoms with Gasteiger partial charge in [-0.05, 0) is 36.4 Å². The van der Waals surface area contributed by atoms with Crippen molar-refractivity contribution in [3.8, 4) is 0 Å². The zero-order chi connectivity index (χ0) is 17.5. The SMILES string of the molecule is O=C(Nc1ccccc1)/C(=C\c1ccco1)NC(=O)c1ccccc1. The predicted octanol–water partition coefficient (Wildman–Crippen LogP) is 3.69. The van der Waals surface area contributed by atoms with Crippen LogP contribution in [-0.4, -0.2) is 11.8 Å². The van der Waals surface area contributed by atoms with Gasteiger partial charge in [-0.25, -0.2) is 0 Å². The molecule has 0 atom stereocenters. The summed E-state index contributed by atoms with van der Waals surface area (Å²) < 4.78 is 5.24. The van der Waals surface area contributed by atoms with Crippen molar-refractivity contribution in [2.75, 3.05) is 5.32 Å². The van der Waals surface area contributed by atoms with Gasteiger partial charge in [0.15, 0.2) is 0 Å². The second-order valence-electron chi connectivity index (χ2n) is 5.21. The molecule has 1 heterocycles. The van der Waals surface area contributed by atoms with Crippen molar-refractivity contribution < 1.29 is 14.0 Å². The molecule has 2 aromatic carbocycles. The van der Waals surface area contributed by atoms with E-state index in [0.717, 1.165) is 0 Å². The van der Waals surface area contributed by atoms with Crippen molar-refractivity contribution in [3.63, 3.8) is 0 Å². The van der Waals surface area contributed by atoms with Crippen LogP contribution in [0.5, 0.6) is 0 Å². The number of anilines is 1. The van der Waals surface area contributed by atoms with Gasteiger partial charge in [-0.2, -0.15) is 0 Å². The lowest BCUT2D eigenvalue weighted by Crippen LogP contribution is -2.30. The normalized spacial score (nSPS) is 11.0. The molecular formula is C20H16N2O3. The molecule has 0 aliphatic carbocycles. The lowest BCUT2D eigenvalue weighted by Gasteiger charge is -2.10. The summed E-state index contributed by atoms with van der Waals surface area (Å²) in [7, 11) is 0. The molecule has 0 aliphatic heterocycles. The molecule has 2 amide bonds. The molecule has 0 radical (unpaired) electrons. The summed E-state index contributed by atoms with van der Waals surface area (Å²) in [5, 5.41) is 5.39. The first-order valence-electron chi connectivity index (χ1n) is 7.70. The Balaban J connectivity index is 1.83. The highest BCUT2D eigenvalue weighted by molar-refractivity contribution is 6.10. The van der Waals surface area contributed by atoms with Gasteiger partial charge in [0.1, 0.15) is 11.5 Å². The first-order chi connectivity index (χ1) is 12.2. The Labute approximate surface area is 145 Å². The fourth-order valence-electron chi connectivity index (χ4n) is 2.18. The molecule has 25 heavy (non-hydrogen) atoms. The van der Waals surface area contributed by atoms with E-state index in [4.69, 9.17) is 4.42 Å². The monoisotopic (exact) mass is 332 g/mol. The highest BCUT2D eigenvalue weighted by Gasteiger charge is 2.15. The number of furan rings is 1. The number of para-hydroxylation sites is 1. The first kappa shape index (κ1) is 16.3. The Kier molecular flexibility index (Phi) is 5.07. The number of nitrogens with one attached hydrogen (secondary N) is 2. The van der Waals surface area contributed by atoms with Crippen LogP contribution < -0.4 is 10.6 Å². The van der Waals surface area contributed by atoms with Crippen LogP contribution in [0, 0.1) is 0 Å². The van der Waals surface area contributed by atoms with Crippen LogP contribution in [0.2, 0.25) is 0 Å². The van der Waals surface area contributed by atoms with Gasteiger partial charge >= 0.3 is 0 Å². The molecule has 3 aromatic rings. The smallest absolute Gasteiger partial charge is 0.272 e. The van der Waals surface area contributed by atoms with Gasteiger partial charge in [0, 0.05) is 17.3 Å². The van der Waals surface area contributed by atoms with E-state index in [-0.39, 0.29) is 11.6 Å². The Morgan fingerprint density at radius 1 is 0.840 bits per heavy atom. The molecule has 0 aliphatic rings. The summed E-state index contributed by atoms with van der Waals surface area (Å²) in [5.74, 6) is -0.347. The van der Waals surface area contributed by atoms with Crippen molar-refractivity contribution in [3.05, 3.63) is 96.1 Å². The maximum absolute atomic E-state index is 12.6. The molecule has 0 spiro atoms. The molecule has 2 N–H and O–H groups in total. The number of carbonyl (C=O) groups is 2. The third-order valence-electron chi connectivity index (χ3n) is 3.39. The van der Waals surface area contributed by atoms with Crippen LogP contribution in [0.15, 0.2) is 89.2 Å². The average Bonchev–Trinajstić information content (AvgIpc) is 3.16. The van der Waals surface area contributed by atoms with Crippen molar-refractivity contribution >= 4 is 23.6 Å². The standard InChI is InChI=1S/C20H16N2O3/c23-19(15-8-3-1-4-9-15)22-18(14-17-12-7-13-25-17)20(24)21-16-10-5-2-6-11-16/h1-14H,(H,21,24)(H,22,23)/b18-14+.